The Balaban J connectivity index is 1.39. The average Bonchev–Trinajstić information content (AvgIpc) is 3.29. The minimum Gasteiger partial charge on any atom is -0.461 e. The molecule has 0 aliphatic carbocycles. The number of fused-ring (bicyclic) bond motifs is 1. The minimum absolute atomic E-state index is 0.231. The fourth-order valence-corrected chi connectivity index (χ4v) is 3.39. The van der Waals surface area contributed by atoms with Gasteiger partial charge in [-0.25, -0.2) is 10.0 Å². The molecule has 0 amide bonds. The van der Waals surface area contributed by atoms with Crippen LogP contribution in [-0.2, 0) is 0 Å². The zero-order chi connectivity index (χ0) is 19.0. The second-order valence-electron chi connectivity index (χ2n) is 7.74. The molecule has 0 spiro atoms. The van der Waals surface area contributed by atoms with Crippen LogP contribution in [-0.4, -0.2) is 76.2 Å². The van der Waals surface area contributed by atoms with Crippen molar-refractivity contribution in [2.45, 2.75) is 32.0 Å². The Morgan fingerprint density at radius 1 is 1.33 bits per heavy atom. The van der Waals surface area contributed by atoms with E-state index in [1.54, 1.807) is 11.3 Å². The van der Waals surface area contributed by atoms with Gasteiger partial charge >= 0.3 is 0 Å². The summed E-state index contributed by atoms with van der Waals surface area (Å²) >= 11 is 0. The van der Waals surface area contributed by atoms with E-state index in [2.05, 4.69) is 25.2 Å². The molecule has 0 saturated carbocycles. The number of aliphatic imine (C=N–C) groups is 2. The third-order valence-electron chi connectivity index (χ3n) is 5.02. The van der Waals surface area contributed by atoms with Crippen LogP contribution in [0.3, 0.4) is 0 Å². The molecule has 1 aromatic rings. The molecule has 27 heavy (non-hydrogen) atoms. The van der Waals surface area contributed by atoms with Gasteiger partial charge in [0.05, 0.1) is 11.9 Å². The average molecular weight is 373 g/mol. The molecule has 3 aliphatic rings. The summed E-state index contributed by atoms with van der Waals surface area (Å²) in [5, 5.41) is 11.6. The molecule has 9 nitrogen and oxygen atoms in total. The number of hydrogen-bond donors (Lipinski definition) is 3. The van der Waals surface area contributed by atoms with Gasteiger partial charge in [-0.2, -0.15) is 4.99 Å². The van der Waals surface area contributed by atoms with Gasteiger partial charge in [0, 0.05) is 38.8 Å². The van der Waals surface area contributed by atoms with E-state index in [-0.39, 0.29) is 6.17 Å². The van der Waals surface area contributed by atoms with E-state index in [1.807, 2.05) is 32.1 Å². The van der Waals surface area contributed by atoms with E-state index < -0.39 is 5.60 Å². The van der Waals surface area contributed by atoms with E-state index in [4.69, 9.17) is 10.2 Å². The molecule has 1 aromatic heterocycles. The highest BCUT2D eigenvalue weighted by atomic mass is 16.3. The van der Waals surface area contributed by atoms with E-state index in [0.717, 1.165) is 45.0 Å². The maximum Gasteiger partial charge on any atom is 0.219 e. The molecule has 3 aliphatic heterocycles. The van der Waals surface area contributed by atoms with E-state index in [0.29, 0.717) is 17.6 Å². The Bertz CT molecular complexity index is 755. The molecule has 4 rings (SSSR count). The molecule has 1 unspecified atom stereocenters. The zero-order valence-corrected chi connectivity index (χ0v) is 15.8. The minimum atomic E-state index is -0.621. The van der Waals surface area contributed by atoms with Gasteiger partial charge in [-0.05, 0) is 32.4 Å². The fourth-order valence-electron chi connectivity index (χ4n) is 3.39. The quantitative estimate of drug-likeness (QED) is 0.673. The standard InChI is InChI=1S/C18H27N7O2/c1-18(2,26)5-6-23-7-9-24(10-8-23)14-12-15-20-16(13-4-3-11-27-13)22-25(15)17(19)21-14/h3-4,11-12,15,26H,5-10H2,1-2H3,(H2,19,21)(H,20,22). The van der Waals surface area contributed by atoms with Gasteiger partial charge in [0.25, 0.3) is 0 Å². The van der Waals surface area contributed by atoms with Crippen molar-refractivity contribution in [2.24, 2.45) is 15.7 Å². The van der Waals surface area contributed by atoms with Gasteiger partial charge in [0.1, 0.15) is 5.82 Å². The molecule has 1 fully saturated rings. The van der Waals surface area contributed by atoms with Crippen LogP contribution in [0.5, 0.6) is 0 Å². The summed E-state index contributed by atoms with van der Waals surface area (Å²) in [6.07, 6.45) is 4.18. The van der Waals surface area contributed by atoms with Crippen LogP contribution in [0.4, 0.5) is 0 Å². The van der Waals surface area contributed by atoms with Crippen LogP contribution < -0.4 is 11.2 Å². The van der Waals surface area contributed by atoms with Crippen molar-refractivity contribution in [3.8, 4) is 0 Å². The number of nitrogens with two attached hydrogens (primary N) is 1. The Morgan fingerprint density at radius 2 is 2.11 bits per heavy atom. The number of guanidine groups is 1. The summed E-state index contributed by atoms with van der Waals surface area (Å²) in [4.78, 5) is 13.8. The molecule has 0 bridgehead atoms. The number of furan rings is 1. The summed E-state index contributed by atoms with van der Waals surface area (Å²) in [5.74, 6) is 2.58. The number of nitrogens with zero attached hydrogens (tertiary/aromatic N) is 5. The third kappa shape index (κ3) is 3.93. The van der Waals surface area contributed by atoms with E-state index in [1.165, 1.54) is 0 Å². The van der Waals surface area contributed by atoms with Crippen molar-refractivity contribution in [1.29, 1.82) is 0 Å². The highest BCUT2D eigenvalue weighted by Crippen LogP contribution is 2.22. The lowest BCUT2D eigenvalue weighted by Crippen LogP contribution is -2.52. The van der Waals surface area contributed by atoms with Crippen molar-refractivity contribution in [2.75, 3.05) is 32.7 Å². The number of amidine groups is 1. The molecular weight excluding hydrogens is 346 g/mol. The molecule has 146 valence electrons. The van der Waals surface area contributed by atoms with Crippen molar-refractivity contribution in [3.63, 3.8) is 0 Å². The van der Waals surface area contributed by atoms with E-state index in [9.17, 15) is 5.11 Å². The highest BCUT2D eigenvalue weighted by molar-refractivity contribution is 5.99. The second kappa shape index (κ2) is 6.90. The lowest BCUT2D eigenvalue weighted by Gasteiger charge is -2.38. The van der Waals surface area contributed by atoms with E-state index >= 15 is 0 Å². The number of hydrazine groups is 1. The van der Waals surface area contributed by atoms with Crippen LogP contribution in [0, 0.1) is 0 Å². The van der Waals surface area contributed by atoms with Crippen LogP contribution in [0.1, 0.15) is 26.0 Å². The number of piperazine rings is 1. The Labute approximate surface area is 158 Å². The molecule has 1 atom stereocenters. The summed E-state index contributed by atoms with van der Waals surface area (Å²) in [5.41, 5.74) is 8.68. The summed E-state index contributed by atoms with van der Waals surface area (Å²) in [6.45, 7) is 8.25. The molecule has 1 saturated heterocycles. The van der Waals surface area contributed by atoms with Gasteiger partial charge in [-0.3, -0.25) is 10.3 Å². The van der Waals surface area contributed by atoms with Gasteiger partial charge < -0.3 is 20.2 Å². The number of nitrogens with one attached hydrogen (secondary N) is 1. The van der Waals surface area contributed by atoms with Crippen molar-refractivity contribution in [3.05, 3.63) is 36.1 Å². The molecule has 4 N–H and O–H groups in total. The largest absolute Gasteiger partial charge is 0.461 e. The molecule has 9 heteroatoms. The SMILES string of the molecule is CC(C)(O)CCN1CCN(C2=CC3N=C(c4ccco4)NN3C(N)=N2)CC1. The lowest BCUT2D eigenvalue weighted by atomic mass is 10.1. The van der Waals surface area contributed by atoms with Crippen LogP contribution in [0.25, 0.3) is 0 Å². The van der Waals surface area contributed by atoms with Gasteiger partial charge in [-0.1, -0.05) is 0 Å². The summed E-state index contributed by atoms with van der Waals surface area (Å²) in [6, 6.07) is 3.68. The molecule has 0 aromatic carbocycles. The number of hydrogen-bond acceptors (Lipinski definition) is 9. The Morgan fingerprint density at radius 3 is 2.78 bits per heavy atom. The van der Waals surface area contributed by atoms with Crippen LogP contribution >= 0.6 is 0 Å². The smallest absolute Gasteiger partial charge is 0.219 e. The van der Waals surface area contributed by atoms with Crippen LogP contribution in [0.15, 0.2) is 44.7 Å². The maximum atomic E-state index is 9.90. The predicted molar refractivity (Wildman–Crippen MR) is 103 cm³/mol. The lowest BCUT2D eigenvalue weighted by molar-refractivity contribution is 0.0501. The first-order valence-corrected chi connectivity index (χ1v) is 9.32. The third-order valence-corrected chi connectivity index (χ3v) is 5.02. The van der Waals surface area contributed by atoms with Crippen LogP contribution in [0.2, 0.25) is 0 Å². The van der Waals surface area contributed by atoms with Crippen molar-refractivity contribution in [1.82, 2.24) is 20.2 Å². The first-order valence-electron chi connectivity index (χ1n) is 9.32. The monoisotopic (exact) mass is 373 g/mol. The van der Waals surface area contributed by atoms with Crippen molar-refractivity contribution < 1.29 is 9.52 Å². The van der Waals surface area contributed by atoms with Gasteiger partial charge in [-0.15, -0.1) is 0 Å². The zero-order valence-electron chi connectivity index (χ0n) is 15.8. The molecule has 4 heterocycles. The van der Waals surface area contributed by atoms with Gasteiger partial charge in [0.15, 0.2) is 17.8 Å². The Kier molecular flexibility index (Phi) is 4.56. The fraction of sp³-hybridized carbons (Fsp3) is 0.556. The second-order valence-corrected chi connectivity index (χ2v) is 7.74. The van der Waals surface area contributed by atoms with Crippen molar-refractivity contribution >= 4 is 11.8 Å². The summed E-state index contributed by atoms with van der Waals surface area (Å²) < 4.78 is 5.41. The maximum absolute atomic E-state index is 9.90. The summed E-state index contributed by atoms with van der Waals surface area (Å²) in [7, 11) is 0. The Hall–Kier alpha value is -2.52. The highest BCUT2D eigenvalue weighted by Gasteiger charge is 2.33. The first-order chi connectivity index (χ1) is 12.9. The number of aliphatic hydroxyl groups is 1. The first kappa shape index (κ1) is 17.9. The number of rotatable bonds is 5. The predicted octanol–water partition coefficient (Wildman–Crippen LogP) is 0.121. The molecule has 0 radical (unpaired) electrons. The molecular formula is C18H27N7O2. The topological polar surface area (TPSA) is 106 Å². The normalized spacial score (nSPS) is 23.5. The van der Waals surface area contributed by atoms with Gasteiger partial charge in [0.2, 0.25) is 5.96 Å².